The molecule has 0 fully saturated rings. The molecular formula is C20H13F4N5OS. The zero-order chi connectivity index (χ0) is 21.8. The first kappa shape index (κ1) is 19.6. The van der Waals surface area contributed by atoms with Crippen LogP contribution >= 0.6 is 11.3 Å². The van der Waals surface area contributed by atoms with E-state index in [-0.39, 0.29) is 18.0 Å². The summed E-state index contributed by atoms with van der Waals surface area (Å²) in [6.07, 6.45) is -3.27. The van der Waals surface area contributed by atoms with Crippen molar-refractivity contribution in [1.29, 1.82) is 0 Å². The molecule has 0 atom stereocenters. The number of fused-ring (bicyclic) bond motifs is 2. The highest BCUT2D eigenvalue weighted by Gasteiger charge is 2.33. The van der Waals surface area contributed by atoms with Crippen LogP contribution in [0.1, 0.15) is 16.8 Å². The quantitative estimate of drug-likeness (QED) is 0.436. The van der Waals surface area contributed by atoms with E-state index in [4.69, 9.17) is 0 Å². The van der Waals surface area contributed by atoms with E-state index in [0.29, 0.717) is 34.7 Å². The molecule has 0 aliphatic carbocycles. The molecule has 6 nitrogen and oxygen atoms in total. The molecule has 1 aromatic carbocycles. The standard InChI is InChI=1S/C20H13F4N5OS/c21-13-1-3-14(4-2-13)29-18(30)16-17(31-10-26-16)27-19(29)28-6-5-15-11(9-28)7-12(8-25-15)20(22,23)24/h1-4,7-8,10H,5-6,9H2. The molecule has 0 saturated carbocycles. The van der Waals surface area contributed by atoms with Crippen LogP contribution in [0.15, 0.2) is 46.8 Å². The molecular weight excluding hydrogens is 434 g/mol. The molecule has 4 heterocycles. The predicted octanol–water partition coefficient (Wildman–Crippen LogP) is 3.96. The highest BCUT2D eigenvalue weighted by atomic mass is 32.1. The molecule has 158 valence electrons. The molecule has 0 bridgehead atoms. The Bertz CT molecular complexity index is 1350. The molecule has 3 aromatic heterocycles. The smallest absolute Gasteiger partial charge is 0.337 e. The van der Waals surface area contributed by atoms with Gasteiger partial charge in [-0.2, -0.15) is 13.2 Å². The van der Waals surface area contributed by atoms with Gasteiger partial charge in [0.2, 0.25) is 5.95 Å². The van der Waals surface area contributed by atoms with E-state index in [1.807, 2.05) is 0 Å². The minimum absolute atomic E-state index is 0.101. The third-order valence-electron chi connectivity index (χ3n) is 5.09. The van der Waals surface area contributed by atoms with Crippen LogP contribution in [0.5, 0.6) is 0 Å². The van der Waals surface area contributed by atoms with Gasteiger partial charge >= 0.3 is 6.18 Å². The van der Waals surface area contributed by atoms with Crippen molar-refractivity contribution in [2.24, 2.45) is 0 Å². The summed E-state index contributed by atoms with van der Waals surface area (Å²) in [5, 5.41) is 0. The summed E-state index contributed by atoms with van der Waals surface area (Å²) in [4.78, 5) is 27.9. The number of hydrogen-bond acceptors (Lipinski definition) is 6. The van der Waals surface area contributed by atoms with Gasteiger partial charge in [-0.3, -0.25) is 9.78 Å². The second kappa shape index (κ2) is 7.12. The minimum Gasteiger partial charge on any atom is -0.337 e. The number of halogens is 4. The fourth-order valence-electron chi connectivity index (χ4n) is 3.59. The number of thiazole rings is 1. The molecule has 1 aliphatic heterocycles. The van der Waals surface area contributed by atoms with Crippen molar-refractivity contribution in [2.45, 2.75) is 19.1 Å². The van der Waals surface area contributed by atoms with Crippen molar-refractivity contribution in [3.63, 3.8) is 0 Å². The van der Waals surface area contributed by atoms with Gasteiger partial charge in [-0.25, -0.2) is 18.9 Å². The van der Waals surface area contributed by atoms with Crippen LogP contribution in [0.4, 0.5) is 23.5 Å². The van der Waals surface area contributed by atoms with Crippen LogP contribution in [-0.2, 0) is 19.1 Å². The average Bonchev–Trinajstić information content (AvgIpc) is 3.22. The van der Waals surface area contributed by atoms with Gasteiger partial charge in [0, 0.05) is 31.4 Å². The maximum atomic E-state index is 13.4. The maximum Gasteiger partial charge on any atom is 0.417 e. The van der Waals surface area contributed by atoms with Crippen LogP contribution in [0.3, 0.4) is 0 Å². The Morgan fingerprint density at radius 2 is 1.87 bits per heavy atom. The van der Waals surface area contributed by atoms with Crippen molar-refractivity contribution in [1.82, 2.24) is 19.5 Å². The van der Waals surface area contributed by atoms with Crippen molar-refractivity contribution in [3.8, 4) is 5.69 Å². The molecule has 0 amide bonds. The molecule has 0 radical (unpaired) electrons. The Labute approximate surface area is 176 Å². The van der Waals surface area contributed by atoms with Crippen LogP contribution in [0.25, 0.3) is 16.0 Å². The molecule has 0 unspecified atom stereocenters. The lowest BCUT2D eigenvalue weighted by Crippen LogP contribution is -2.36. The number of aromatic nitrogens is 4. The van der Waals surface area contributed by atoms with Gasteiger partial charge in [0.25, 0.3) is 5.56 Å². The van der Waals surface area contributed by atoms with Crippen LogP contribution in [0, 0.1) is 5.82 Å². The first-order valence-electron chi connectivity index (χ1n) is 9.23. The highest BCUT2D eigenvalue weighted by Crippen LogP contribution is 2.32. The first-order chi connectivity index (χ1) is 14.8. The second-order valence-electron chi connectivity index (χ2n) is 7.03. The summed E-state index contributed by atoms with van der Waals surface area (Å²) in [5.41, 5.74) is 1.82. The lowest BCUT2D eigenvalue weighted by molar-refractivity contribution is -0.137. The number of hydrogen-bond donors (Lipinski definition) is 0. The van der Waals surface area contributed by atoms with E-state index < -0.39 is 23.1 Å². The van der Waals surface area contributed by atoms with Crippen LogP contribution in [-0.4, -0.2) is 26.1 Å². The molecule has 0 N–H and O–H groups in total. The number of anilines is 1. The van der Waals surface area contributed by atoms with E-state index in [2.05, 4.69) is 15.0 Å². The number of nitrogens with zero attached hydrogens (tertiary/aromatic N) is 5. The van der Waals surface area contributed by atoms with Crippen molar-refractivity contribution in [3.05, 3.63) is 75.0 Å². The molecule has 0 saturated heterocycles. The molecule has 31 heavy (non-hydrogen) atoms. The Morgan fingerprint density at radius 1 is 1.10 bits per heavy atom. The molecule has 1 aliphatic rings. The number of benzene rings is 1. The average molecular weight is 447 g/mol. The van der Waals surface area contributed by atoms with Crippen LogP contribution in [0.2, 0.25) is 0 Å². The van der Waals surface area contributed by atoms with E-state index in [9.17, 15) is 22.4 Å². The number of pyridine rings is 1. The third-order valence-corrected chi connectivity index (χ3v) is 5.81. The van der Waals surface area contributed by atoms with Crippen molar-refractivity contribution in [2.75, 3.05) is 11.4 Å². The Hall–Kier alpha value is -3.34. The van der Waals surface area contributed by atoms with Gasteiger partial charge in [-0.15, -0.1) is 11.3 Å². The van der Waals surface area contributed by atoms with Crippen LogP contribution < -0.4 is 10.5 Å². The largest absolute Gasteiger partial charge is 0.417 e. The molecule has 5 rings (SSSR count). The second-order valence-corrected chi connectivity index (χ2v) is 7.87. The van der Waals surface area contributed by atoms with Gasteiger partial charge < -0.3 is 4.90 Å². The normalized spacial score (nSPS) is 14.1. The fourth-order valence-corrected chi connectivity index (χ4v) is 4.23. The summed E-state index contributed by atoms with van der Waals surface area (Å²) in [6, 6.07) is 6.42. The van der Waals surface area contributed by atoms with E-state index in [1.54, 1.807) is 4.90 Å². The van der Waals surface area contributed by atoms with Crippen molar-refractivity contribution < 1.29 is 17.6 Å². The minimum atomic E-state index is -4.50. The van der Waals surface area contributed by atoms with Gasteiger partial charge in [0.15, 0.2) is 10.3 Å². The predicted molar refractivity (Wildman–Crippen MR) is 107 cm³/mol. The SMILES string of the molecule is O=c1c2ncsc2nc(N2CCc3ncc(C(F)(F)F)cc3C2)n1-c1ccc(F)cc1. The molecule has 11 heteroatoms. The fraction of sp³-hybridized carbons (Fsp3) is 0.200. The number of rotatable bonds is 2. The van der Waals surface area contributed by atoms with E-state index in [0.717, 1.165) is 12.3 Å². The van der Waals surface area contributed by atoms with Gasteiger partial charge in [-0.05, 0) is 35.9 Å². The number of alkyl halides is 3. The highest BCUT2D eigenvalue weighted by molar-refractivity contribution is 7.16. The summed E-state index contributed by atoms with van der Waals surface area (Å²) < 4.78 is 54.2. The van der Waals surface area contributed by atoms with E-state index in [1.165, 1.54) is 45.7 Å². The summed E-state index contributed by atoms with van der Waals surface area (Å²) in [7, 11) is 0. The summed E-state index contributed by atoms with van der Waals surface area (Å²) in [5.74, 6) is -0.199. The Kier molecular flexibility index (Phi) is 4.50. The topological polar surface area (TPSA) is 63.9 Å². The maximum absolute atomic E-state index is 13.4. The molecule has 4 aromatic rings. The Balaban J connectivity index is 1.65. The summed E-state index contributed by atoms with van der Waals surface area (Å²) >= 11 is 1.19. The van der Waals surface area contributed by atoms with Gasteiger partial charge in [0.1, 0.15) is 5.82 Å². The summed E-state index contributed by atoms with van der Waals surface area (Å²) in [6.45, 7) is 0.507. The zero-order valence-corrected chi connectivity index (χ0v) is 16.5. The van der Waals surface area contributed by atoms with Gasteiger partial charge in [0.05, 0.1) is 16.8 Å². The molecule has 0 spiro atoms. The van der Waals surface area contributed by atoms with Gasteiger partial charge in [-0.1, -0.05) is 0 Å². The van der Waals surface area contributed by atoms with Crippen molar-refractivity contribution >= 4 is 27.6 Å². The third kappa shape index (κ3) is 3.44. The zero-order valence-electron chi connectivity index (χ0n) is 15.7. The first-order valence-corrected chi connectivity index (χ1v) is 10.1. The monoisotopic (exact) mass is 447 g/mol. The Morgan fingerprint density at radius 3 is 2.61 bits per heavy atom. The lowest BCUT2D eigenvalue weighted by atomic mass is 10.0. The lowest BCUT2D eigenvalue weighted by Gasteiger charge is -2.31. The van der Waals surface area contributed by atoms with E-state index >= 15 is 0 Å².